The van der Waals surface area contributed by atoms with Crippen LogP contribution in [0.15, 0.2) is 12.3 Å². The lowest BCUT2D eigenvalue weighted by atomic mass is 9.85. The van der Waals surface area contributed by atoms with Gasteiger partial charge in [0.1, 0.15) is 0 Å². The van der Waals surface area contributed by atoms with Gasteiger partial charge in [-0.05, 0) is 54.3 Å². The van der Waals surface area contributed by atoms with Crippen LogP contribution >= 0.6 is 0 Å². The molecule has 0 saturated carbocycles. The van der Waals surface area contributed by atoms with Crippen LogP contribution in [0.5, 0.6) is 0 Å². The molecule has 0 N–H and O–H groups in total. The van der Waals surface area contributed by atoms with E-state index in [4.69, 9.17) is 21.6 Å². The number of aromatic nitrogens is 2. The van der Waals surface area contributed by atoms with Gasteiger partial charge in [-0.2, -0.15) is 5.10 Å². The first kappa shape index (κ1) is 6.10. The van der Waals surface area contributed by atoms with Crippen LogP contribution in [0.2, 0.25) is 0 Å². The van der Waals surface area contributed by atoms with Crippen LogP contribution in [-0.4, -0.2) is 28.1 Å². The fraction of sp³-hybridized carbons (Fsp3) is 0.769. The van der Waals surface area contributed by atoms with E-state index in [9.17, 15) is 0 Å². The van der Waals surface area contributed by atoms with Crippen molar-refractivity contribution in [2.45, 2.75) is 65.0 Å². The Balaban J connectivity index is 2.60. The highest BCUT2D eigenvalue weighted by Crippen LogP contribution is 2.36. The van der Waals surface area contributed by atoms with Crippen LogP contribution in [0.1, 0.15) is 60.6 Å². The largest absolute Gasteiger partial charge is 0.516 e. The van der Waals surface area contributed by atoms with Crippen molar-refractivity contribution < 1.29 is 21.6 Å². The summed E-state index contributed by atoms with van der Waals surface area (Å²) in [7, 11) is -0.987. The average Bonchev–Trinajstić information content (AvgIpc) is 2.88. The highest BCUT2D eigenvalue weighted by molar-refractivity contribution is 6.61. The van der Waals surface area contributed by atoms with Crippen LogP contribution in [0.3, 0.4) is 0 Å². The summed E-state index contributed by atoms with van der Waals surface area (Å²) in [6.45, 7) is -2.93. The number of rotatable bonds is 1. The number of nitrogens with zero attached hydrogens (tertiary/aromatic N) is 2. The van der Waals surface area contributed by atoms with Crippen molar-refractivity contribution in [2.75, 3.05) is 0 Å². The fourth-order valence-corrected chi connectivity index (χ4v) is 1.61. The summed E-state index contributed by atoms with van der Waals surface area (Å²) in [6, 6.07) is 1.31. The summed E-state index contributed by atoms with van der Waals surface area (Å²) in [5.74, 6) is 0. The SMILES string of the molecule is [2H]C([2H])([2H])C(n1ccc(B2OC(C)(C)C(C)(C)O2)n1)(C([2H])([2H])[2H])C([2H])([2H])[2H]. The zero-order chi connectivity index (χ0) is 21.3. The molecule has 1 aliphatic heterocycles. The summed E-state index contributed by atoms with van der Waals surface area (Å²) >= 11 is 0. The van der Waals surface area contributed by atoms with Crippen molar-refractivity contribution in [1.29, 1.82) is 0 Å². The van der Waals surface area contributed by atoms with E-state index in [1.54, 1.807) is 0 Å². The molecule has 100 valence electrons. The molecule has 4 nitrogen and oxygen atoms in total. The second-order valence-corrected chi connectivity index (χ2v) is 5.48. The zero-order valence-electron chi connectivity index (χ0n) is 19.9. The summed E-state index contributed by atoms with van der Waals surface area (Å²) in [5, 5.41) is 3.98. The predicted molar refractivity (Wildman–Crippen MR) is 72.9 cm³/mol. The van der Waals surface area contributed by atoms with E-state index in [-0.39, 0.29) is 5.59 Å². The van der Waals surface area contributed by atoms with Crippen molar-refractivity contribution in [3.63, 3.8) is 0 Å². The van der Waals surface area contributed by atoms with Crippen LogP contribution in [0.25, 0.3) is 0 Å². The van der Waals surface area contributed by atoms with Crippen molar-refractivity contribution in [2.24, 2.45) is 0 Å². The van der Waals surface area contributed by atoms with Gasteiger partial charge in [0.15, 0.2) is 0 Å². The Morgan fingerprint density at radius 3 is 2.28 bits per heavy atom. The Morgan fingerprint density at radius 1 is 1.22 bits per heavy atom. The second-order valence-electron chi connectivity index (χ2n) is 5.48. The highest BCUT2D eigenvalue weighted by Gasteiger charge is 2.52. The molecule has 0 aromatic carbocycles. The van der Waals surface area contributed by atoms with Crippen molar-refractivity contribution >= 4 is 12.7 Å². The minimum Gasteiger partial charge on any atom is -0.398 e. The maximum absolute atomic E-state index is 7.72. The molecular formula is C13H23BN2O2. The second kappa shape index (κ2) is 3.84. The maximum atomic E-state index is 7.72. The Morgan fingerprint density at radius 2 is 1.78 bits per heavy atom. The standard InChI is InChI=1S/C13H23BN2O2/c1-11(2,3)16-9-8-10(15-16)14-17-12(4,5)13(6,7)18-14/h8-9H,1-7H3/i1D3,2D3,3D3. The van der Waals surface area contributed by atoms with E-state index < -0.39 is 44.4 Å². The van der Waals surface area contributed by atoms with Gasteiger partial charge in [-0.25, -0.2) is 0 Å². The first-order valence-corrected chi connectivity index (χ1v) is 5.70. The summed E-state index contributed by atoms with van der Waals surface area (Å²) in [4.78, 5) is 0. The molecule has 2 heterocycles. The quantitative estimate of drug-likeness (QED) is 0.723. The molecule has 18 heavy (non-hydrogen) atoms. The molecule has 0 unspecified atom stereocenters. The molecule has 1 fully saturated rings. The lowest BCUT2D eigenvalue weighted by Crippen LogP contribution is -2.41. The molecular weight excluding hydrogens is 227 g/mol. The van der Waals surface area contributed by atoms with Crippen molar-refractivity contribution in [3.8, 4) is 0 Å². The highest BCUT2D eigenvalue weighted by atomic mass is 16.7. The van der Waals surface area contributed by atoms with Gasteiger partial charge in [-0.15, -0.1) is 0 Å². The molecule has 1 aliphatic rings. The Hall–Kier alpha value is -0.805. The van der Waals surface area contributed by atoms with Crippen molar-refractivity contribution in [3.05, 3.63) is 12.3 Å². The fourth-order valence-electron chi connectivity index (χ4n) is 1.61. The average molecular weight is 259 g/mol. The van der Waals surface area contributed by atoms with E-state index >= 15 is 0 Å². The summed E-state index contributed by atoms with van der Waals surface area (Å²) < 4.78 is 81.6. The maximum Gasteiger partial charge on any atom is 0.516 e. The third-order valence-electron chi connectivity index (χ3n) is 3.45. The van der Waals surface area contributed by atoms with Crippen LogP contribution in [0, 0.1) is 0 Å². The molecule has 0 radical (unpaired) electrons. The Bertz CT molecular complexity index is 654. The molecule has 0 aliphatic carbocycles. The van der Waals surface area contributed by atoms with Gasteiger partial charge < -0.3 is 9.31 Å². The third kappa shape index (κ3) is 2.21. The molecule has 2 rings (SSSR count). The zero-order valence-corrected chi connectivity index (χ0v) is 10.9. The third-order valence-corrected chi connectivity index (χ3v) is 3.45. The van der Waals surface area contributed by atoms with Crippen LogP contribution < -0.4 is 5.59 Å². The van der Waals surface area contributed by atoms with Gasteiger partial charge in [0.2, 0.25) is 0 Å². The number of hydrogen-bond acceptors (Lipinski definition) is 3. The monoisotopic (exact) mass is 259 g/mol. The van der Waals surface area contributed by atoms with E-state index in [2.05, 4.69) is 5.10 Å². The van der Waals surface area contributed by atoms with Gasteiger partial charge in [-0.3, -0.25) is 4.68 Å². The molecule has 0 spiro atoms. The van der Waals surface area contributed by atoms with E-state index in [1.807, 2.05) is 27.7 Å². The van der Waals surface area contributed by atoms with Crippen LogP contribution in [-0.2, 0) is 14.8 Å². The topological polar surface area (TPSA) is 36.3 Å². The Kier molecular flexibility index (Phi) is 1.30. The molecule has 0 bridgehead atoms. The van der Waals surface area contributed by atoms with Crippen molar-refractivity contribution in [1.82, 2.24) is 9.78 Å². The van der Waals surface area contributed by atoms with Gasteiger partial charge in [0.05, 0.1) is 22.3 Å². The van der Waals surface area contributed by atoms with Gasteiger partial charge in [0, 0.05) is 18.5 Å². The molecule has 5 heteroatoms. The first-order valence-electron chi connectivity index (χ1n) is 10.2. The Labute approximate surface area is 122 Å². The van der Waals surface area contributed by atoms with Gasteiger partial charge in [-0.1, -0.05) is 0 Å². The smallest absolute Gasteiger partial charge is 0.398 e. The summed E-state index contributed by atoms with van der Waals surface area (Å²) in [6.07, 6.45) is 1.03. The van der Waals surface area contributed by atoms with E-state index in [1.165, 1.54) is 6.07 Å². The number of hydrogen-bond donors (Lipinski definition) is 0. The molecule has 0 amide bonds. The molecule has 1 aromatic heterocycles. The predicted octanol–water partition coefficient (Wildman–Crippen LogP) is 1.94. The van der Waals surface area contributed by atoms with E-state index in [0.29, 0.717) is 4.68 Å². The lowest BCUT2D eigenvalue weighted by Gasteiger charge is -2.32. The van der Waals surface area contributed by atoms with Gasteiger partial charge in [0.25, 0.3) is 0 Å². The summed E-state index contributed by atoms with van der Waals surface area (Å²) in [5.41, 5.74) is -4.52. The lowest BCUT2D eigenvalue weighted by molar-refractivity contribution is 0.00578. The molecule has 1 saturated heterocycles. The molecule has 0 atom stereocenters. The normalized spacial score (nSPS) is 32.0. The first-order chi connectivity index (χ1) is 11.8. The van der Waals surface area contributed by atoms with Crippen LogP contribution in [0.4, 0.5) is 0 Å². The minimum atomic E-state index is -3.39. The van der Waals surface area contributed by atoms with Gasteiger partial charge >= 0.3 is 7.12 Å². The van der Waals surface area contributed by atoms with E-state index in [0.717, 1.165) is 6.20 Å². The minimum absolute atomic E-state index is 0.0933. The molecule has 1 aromatic rings.